The lowest BCUT2D eigenvalue weighted by atomic mass is 10.1. The Labute approximate surface area is 123 Å². The molecule has 0 bridgehead atoms. The molecule has 1 N–H and O–H groups in total. The predicted molar refractivity (Wildman–Crippen MR) is 83.5 cm³/mol. The van der Waals surface area contributed by atoms with Crippen LogP contribution in [0, 0.1) is 25.2 Å². The number of nitriles is 1. The zero-order valence-electron chi connectivity index (χ0n) is 11.9. The average Bonchev–Trinajstić information content (AvgIpc) is 2.50. The summed E-state index contributed by atoms with van der Waals surface area (Å²) in [7, 11) is 0. The molecule has 0 fully saturated rings. The Kier molecular flexibility index (Phi) is 3.25. The summed E-state index contributed by atoms with van der Waals surface area (Å²) >= 11 is 0. The predicted octanol–water partition coefficient (Wildman–Crippen LogP) is 3.86. The van der Waals surface area contributed by atoms with Gasteiger partial charge < -0.3 is 5.32 Å². The van der Waals surface area contributed by atoms with Crippen molar-refractivity contribution in [2.24, 2.45) is 0 Å². The molecule has 4 heteroatoms. The molecule has 2 aromatic carbocycles. The number of anilines is 2. The Hall–Kier alpha value is -2.93. The topological polar surface area (TPSA) is 61.6 Å². The highest BCUT2D eigenvalue weighted by atomic mass is 15.0. The molecule has 0 spiro atoms. The molecule has 21 heavy (non-hydrogen) atoms. The SMILES string of the molecule is Cc1ccc(C)c(Nc2nc(C#N)nc3ccccc23)c1. The smallest absolute Gasteiger partial charge is 0.234 e. The molecule has 0 amide bonds. The summed E-state index contributed by atoms with van der Waals surface area (Å²) in [6, 6.07) is 15.9. The van der Waals surface area contributed by atoms with Crippen LogP contribution >= 0.6 is 0 Å². The van der Waals surface area contributed by atoms with Gasteiger partial charge in [-0.3, -0.25) is 0 Å². The molecule has 0 aliphatic heterocycles. The van der Waals surface area contributed by atoms with E-state index in [-0.39, 0.29) is 5.82 Å². The summed E-state index contributed by atoms with van der Waals surface area (Å²) in [5.74, 6) is 0.826. The van der Waals surface area contributed by atoms with Gasteiger partial charge in [-0.05, 0) is 43.2 Å². The number of aryl methyl sites for hydroxylation is 2. The highest BCUT2D eigenvalue weighted by Crippen LogP contribution is 2.26. The summed E-state index contributed by atoms with van der Waals surface area (Å²) in [5, 5.41) is 13.3. The molecule has 0 aliphatic carbocycles. The van der Waals surface area contributed by atoms with Gasteiger partial charge in [0.1, 0.15) is 11.9 Å². The van der Waals surface area contributed by atoms with Crippen LogP contribution in [0.4, 0.5) is 11.5 Å². The van der Waals surface area contributed by atoms with Crippen molar-refractivity contribution in [1.29, 1.82) is 5.26 Å². The lowest BCUT2D eigenvalue weighted by Crippen LogP contribution is -2.01. The van der Waals surface area contributed by atoms with E-state index in [1.807, 2.05) is 44.2 Å². The third-order valence-electron chi connectivity index (χ3n) is 3.35. The third-order valence-corrected chi connectivity index (χ3v) is 3.35. The molecule has 0 radical (unpaired) electrons. The first kappa shape index (κ1) is 13.1. The van der Waals surface area contributed by atoms with Gasteiger partial charge in [0.15, 0.2) is 0 Å². The lowest BCUT2D eigenvalue weighted by Gasteiger charge is -2.12. The van der Waals surface area contributed by atoms with E-state index in [9.17, 15) is 0 Å². The first-order chi connectivity index (χ1) is 10.2. The van der Waals surface area contributed by atoms with Gasteiger partial charge in [-0.1, -0.05) is 24.3 Å². The molecule has 0 saturated carbocycles. The fourth-order valence-electron chi connectivity index (χ4n) is 2.22. The van der Waals surface area contributed by atoms with Crippen molar-refractivity contribution in [1.82, 2.24) is 9.97 Å². The van der Waals surface area contributed by atoms with Crippen LogP contribution in [0.25, 0.3) is 10.9 Å². The standard InChI is InChI=1S/C17H14N4/c1-11-7-8-12(2)15(9-11)20-17-13-5-3-4-6-14(13)19-16(10-18)21-17/h3-9H,1-2H3,(H,19,20,21). The van der Waals surface area contributed by atoms with Crippen molar-refractivity contribution in [3.63, 3.8) is 0 Å². The molecule has 1 heterocycles. The summed E-state index contributed by atoms with van der Waals surface area (Å²) in [6.45, 7) is 4.08. The van der Waals surface area contributed by atoms with Gasteiger partial charge in [-0.2, -0.15) is 5.26 Å². The van der Waals surface area contributed by atoms with Crippen molar-refractivity contribution in [3.05, 3.63) is 59.4 Å². The molecule has 102 valence electrons. The molecular weight excluding hydrogens is 260 g/mol. The number of nitrogens with one attached hydrogen (secondary N) is 1. The monoisotopic (exact) mass is 274 g/mol. The third kappa shape index (κ3) is 2.54. The number of benzene rings is 2. The Morgan fingerprint density at radius 1 is 1.05 bits per heavy atom. The molecule has 1 aromatic heterocycles. The van der Waals surface area contributed by atoms with Gasteiger partial charge >= 0.3 is 0 Å². The Balaban J connectivity index is 2.16. The van der Waals surface area contributed by atoms with E-state index < -0.39 is 0 Å². The fraction of sp³-hybridized carbons (Fsp3) is 0.118. The minimum atomic E-state index is 0.168. The van der Waals surface area contributed by atoms with Crippen molar-refractivity contribution >= 4 is 22.4 Å². The van der Waals surface area contributed by atoms with Crippen molar-refractivity contribution in [2.75, 3.05) is 5.32 Å². The van der Waals surface area contributed by atoms with Crippen LogP contribution in [0.15, 0.2) is 42.5 Å². The van der Waals surface area contributed by atoms with Gasteiger partial charge in [0.2, 0.25) is 5.82 Å². The molecule has 3 aromatic rings. The maximum atomic E-state index is 9.08. The van der Waals surface area contributed by atoms with Crippen LogP contribution in [0.1, 0.15) is 17.0 Å². The van der Waals surface area contributed by atoms with Gasteiger partial charge in [0.25, 0.3) is 0 Å². The maximum absolute atomic E-state index is 9.08. The van der Waals surface area contributed by atoms with Crippen molar-refractivity contribution < 1.29 is 0 Å². The second-order valence-corrected chi connectivity index (χ2v) is 4.97. The Morgan fingerprint density at radius 3 is 2.67 bits per heavy atom. The number of aromatic nitrogens is 2. The number of hydrogen-bond acceptors (Lipinski definition) is 4. The second-order valence-electron chi connectivity index (χ2n) is 4.97. The highest BCUT2D eigenvalue weighted by molar-refractivity contribution is 5.91. The zero-order valence-corrected chi connectivity index (χ0v) is 11.9. The van der Waals surface area contributed by atoms with E-state index in [0.717, 1.165) is 22.2 Å². The zero-order chi connectivity index (χ0) is 14.8. The number of rotatable bonds is 2. The first-order valence-electron chi connectivity index (χ1n) is 6.68. The van der Waals surface area contributed by atoms with Crippen LogP contribution in [0.5, 0.6) is 0 Å². The van der Waals surface area contributed by atoms with E-state index in [4.69, 9.17) is 5.26 Å². The Morgan fingerprint density at radius 2 is 1.86 bits per heavy atom. The van der Waals surface area contributed by atoms with E-state index in [0.29, 0.717) is 5.82 Å². The molecule has 0 unspecified atom stereocenters. The van der Waals surface area contributed by atoms with Crippen LogP contribution < -0.4 is 5.32 Å². The minimum Gasteiger partial charge on any atom is -0.339 e. The molecule has 0 aliphatic rings. The molecule has 3 rings (SSSR count). The van der Waals surface area contributed by atoms with Gasteiger partial charge in [0, 0.05) is 11.1 Å². The van der Waals surface area contributed by atoms with Crippen molar-refractivity contribution in [3.8, 4) is 6.07 Å². The van der Waals surface area contributed by atoms with Gasteiger partial charge in [0.05, 0.1) is 5.52 Å². The number of hydrogen-bond donors (Lipinski definition) is 1. The number of fused-ring (bicyclic) bond motifs is 1. The molecule has 0 saturated heterocycles. The van der Waals surface area contributed by atoms with Crippen LogP contribution in [0.2, 0.25) is 0 Å². The largest absolute Gasteiger partial charge is 0.339 e. The maximum Gasteiger partial charge on any atom is 0.234 e. The van der Waals surface area contributed by atoms with Crippen LogP contribution in [-0.2, 0) is 0 Å². The van der Waals surface area contributed by atoms with E-state index >= 15 is 0 Å². The molecular formula is C17H14N4. The average molecular weight is 274 g/mol. The molecule has 0 atom stereocenters. The summed E-state index contributed by atoms with van der Waals surface area (Å²) < 4.78 is 0. The van der Waals surface area contributed by atoms with Crippen LogP contribution in [0.3, 0.4) is 0 Å². The Bertz CT molecular complexity index is 862. The van der Waals surface area contributed by atoms with Crippen molar-refractivity contribution in [2.45, 2.75) is 13.8 Å². The second kappa shape index (κ2) is 5.22. The first-order valence-corrected chi connectivity index (χ1v) is 6.68. The summed E-state index contributed by atoms with van der Waals surface area (Å²) in [6.07, 6.45) is 0. The fourth-order valence-corrected chi connectivity index (χ4v) is 2.22. The minimum absolute atomic E-state index is 0.168. The van der Waals surface area contributed by atoms with Crippen LogP contribution in [-0.4, -0.2) is 9.97 Å². The van der Waals surface area contributed by atoms with Gasteiger partial charge in [-0.15, -0.1) is 0 Å². The summed E-state index contributed by atoms with van der Waals surface area (Å²) in [5.41, 5.74) is 4.04. The normalized spacial score (nSPS) is 10.3. The quantitative estimate of drug-likeness (QED) is 0.770. The lowest BCUT2D eigenvalue weighted by molar-refractivity contribution is 1.16. The van der Waals surface area contributed by atoms with E-state index in [1.165, 1.54) is 5.56 Å². The van der Waals surface area contributed by atoms with Gasteiger partial charge in [-0.25, -0.2) is 9.97 Å². The number of para-hydroxylation sites is 1. The summed E-state index contributed by atoms with van der Waals surface area (Å²) in [4.78, 5) is 8.53. The van der Waals surface area contributed by atoms with E-state index in [1.54, 1.807) is 0 Å². The molecule has 4 nitrogen and oxygen atoms in total. The highest BCUT2D eigenvalue weighted by Gasteiger charge is 2.08. The van der Waals surface area contributed by atoms with E-state index in [2.05, 4.69) is 33.5 Å². The number of nitrogens with zero attached hydrogens (tertiary/aromatic N) is 3.